The summed E-state index contributed by atoms with van der Waals surface area (Å²) in [6.45, 7) is 8.24. The van der Waals surface area contributed by atoms with Crippen LogP contribution in [-0.4, -0.2) is 49.0 Å². The minimum Gasteiger partial charge on any atom is -0.395 e. The highest BCUT2D eigenvalue weighted by molar-refractivity contribution is 4.74. The van der Waals surface area contributed by atoms with Crippen LogP contribution in [0.5, 0.6) is 0 Å². The summed E-state index contributed by atoms with van der Waals surface area (Å²) in [5, 5.41) is 9.01. The molecule has 1 unspecified atom stereocenters. The fourth-order valence-corrected chi connectivity index (χ4v) is 1.97. The Hall–Kier alpha value is -0.120. The average molecular weight is 203 g/mol. The Kier molecular flexibility index (Phi) is 8.14. The SMILES string of the molecule is CCC(CC)N(CCO)C(C)COC. The maximum atomic E-state index is 9.01. The van der Waals surface area contributed by atoms with Crippen molar-refractivity contribution in [3.8, 4) is 0 Å². The van der Waals surface area contributed by atoms with Crippen LogP contribution in [0.1, 0.15) is 33.6 Å². The molecule has 3 nitrogen and oxygen atoms in total. The first kappa shape index (κ1) is 13.9. The van der Waals surface area contributed by atoms with Crippen LogP contribution < -0.4 is 0 Å². The van der Waals surface area contributed by atoms with Crippen LogP contribution in [0.4, 0.5) is 0 Å². The molecule has 0 fully saturated rings. The van der Waals surface area contributed by atoms with Crippen LogP contribution in [0.15, 0.2) is 0 Å². The molecular formula is C11H25NO2. The minimum absolute atomic E-state index is 0.227. The number of hydrogen-bond donors (Lipinski definition) is 1. The van der Waals surface area contributed by atoms with Crippen LogP contribution in [-0.2, 0) is 4.74 Å². The molecular weight excluding hydrogens is 178 g/mol. The molecule has 0 aliphatic heterocycles. The second-order valence-corrected chi connectivity index (χ2v) is 3.74. The first-order valence-corrected chi connectivity index (χ1v) is 5.56. The van der Waals surface area contributed by atoms with Gasteiger partial charge in [-0.1, -0.05) is 13.8 Å². The van der Waals surface area contributed by atoms with Gasteiger partial charge in [0.15, 0.2) is 0 Å². The molecule has 0 heterocycles. The van der Waals surface area contributed by atoms with Gasteiger partial charge in [0.1, 0.15) is 0 Å². The number of aliphatic hydroxyl groups is 1. The lowest BCUT2D eigenvalue weighted by atomic mass is 10.1. The van der Waals surface area contributed by atoms with Gasteiger partial charge < -0.3 is 9.84 Å². The van der Waals surface area contributed by atoms with Crippen molar-refractivity contribution in [2.75, 3.05) is 26.9 Å². The van der Waals surface area contributed by atoms with Gasteiger partial charge in [0.2, 0.25) is 0 Å². The molecule has 3 heteroatoms. The predicted molar refractivity (Wildman–Crippen MR) is 59.5 cm³/mol. The zero-order valence-corrected chi connectivity index (χ0v) is 9.99. The predicted octanol–water partition coefficient (Wildman–Crippen LogP) is 1.50. The molecule has 0 aromatic rings. The van der Waals surface area contributed by atoms with Gasteiger partial charge in [-0.15, -0.1) is 0 Å². The molecule has 14 heavy (non-hydrogen) atoms. The van der Waals surface area contributed by atoms with E-state index in [2.05, 4.69) is 25.7 Å². The minimum atomic E-state index is 0.227. The molecule has 1 atom stereocenters. The normalized spacial score (nSPS) is 13.9. The number of hydrogen-bond acceptors (Lipinski definition) is 3. The van der Waals surface area contributed by atoms with Gasteiger partial charge in [0.05, 0.1) is 13.2 Å². The lowest BCUT2D eigenvalue weighted by molar-refractivity contribution is 0.0525. The van der Waals surface area contributed by atoms with Crippen molar-refractivity contribution in [1.82, 2.24) is 4.90 Å². The number of nitrogens with zero attached hydrogens (tertiary/aromatic N) is 1. The molecule has 0 aliphatic rings. The summed E-state index contributed by atoms with van der Waals surface area (Å²) in [4.78, 5) is 2.34. The van der Waals surface area contributed by atoms with E-state index in [1.165, 1.54) is 0 Å². The zero-order valence-electron chi connectivity index (χ0n) is 9.99. The standard InChI is InChI=1S/C11H25NO2/c1-5-11(6-2)12(7-8-13)10(3)9-14-4/h10-11,13H,5-9H2,1-4H3. The van der Waals surface area contributed by atoms with Gasteiger partial charge in [-0.25, -0.2) is 0 Å². The third-order valence-electron chi connectivity index (χ3n) is 2.74. The number of methoxy groups -OCH3 is 1. The van der Waals surface area contributed by atoms with Crippen molar-refractivity contribution in [1.29, 1.82) is 0 Å². The third-order valence-corrected chi connectivity index (χ3v) is 2.74. The molecule has 0 radical (unpaired) electrons. The Morgan fingerprint density at radius 1 is 1.29 bits per heavy atom. The average Bonchev–Trinajstić information content (AvgIpc) is 2.18. The topological polar surface area (TPSA) is 32.7 Å². The fourth-order valence-electron chi connectivity index (χ4n) is 1.97. The van der Waals surface area contributed by atoms with E-state index in [1.54, 1.807) is 7.11 Å². The second-order valence-electron chi connectivity index (χ2n) is 3.74. The Morgan fingerprint density at radius 2 is 1.86 bits per heavy atom. The van der Waals surface area contributed by atoms with Crippen LogP contribution >= 0.6 is 0 Å². The van der Waals surface area contributed by atoms with Gasteiger partial charge in [0.25, 0.3) is 0 Å². The van der Waals surface area contributed by atoms with Crippen LogP contribution in [0.2, 0.25) is 0 Å². The molecule has 0 aromatic heterocycles. The molecule has 0 saturated heterocycles. The van der Waals surface area contributed by atoms with E-state index in [-0.39, 0.29) is 6.61 Å². The van der Waals surface area contributed by atoms with E-state index in [0.29, 0.717) is 12.1 Å². The first-order valence-electron chi connectivity index (χ1n) is 5.56. The van der Waals surface area contributed by atoms with Crippen molar-refractivity contribution in [3.63, 3.8) is 0 Å². The Labute approximate surface area is 88.1 Å². The van der Waals surface area contributed by atoms with Gasteiger partial charge in [-0.05, 0) is 19.8 Å². The maximum Gasteiger partial charge on any atom is 0.0615 e. The highest BCUT2D eigenvalue weighted by Crippen LogP contribution is 2.12. The van der Waals surface area contributed by atoms with Gasteiger partial charge in [-0.2, -0.15) is 0 Å². The highest BCUT2D eigenvalue weighted by atomic mass is 16.5. The summed E-state index contributed by atoms with van der Waals surface area (Å²) >= 11 is 0. The largest absolute Gasteiger partial charge is 0.395 e. The smallest absolute Gasteiger partial charge is 0.0615 e. The fraction of sp³-hybridized carbons (Fsp3) is 1.00. The van der Waals surface area contributed by atoms with Crippen molar-refractivity contribution < 1.29 is 9.84 Å². The first-order chi connectivity index (χ1) is 6.71. The number of aliphatic hydroxyl groups excluding tert-OH is 1. The van der Waals surface area contributed by atoms with Gasteiger partial charge in [0, 0.05) is 25.7 Å². The molecule has 0 amide bonds. The molecule has 0 aromatic carbocycles. The molecule has 0 aliphatic carbocycles. The number of rotatable bonds is 8. The van der Waals surface area contributed by atoms with Crippen molar-refractivity contribution in [2.24, 2.45) is 0 Å². The van der Waals surface area contributed by atoms with E-state index in [0.717, 1.165) is 26.0 Å². The molecule has 1 N–H and O–H groups in total. The van der Waals surface area contributed by atoms with E-state index >= 15 is 0 Å². The summed E-state index contributed by atoms with van der Waals surface area (Å²) in [7, 11) is 1.72. The third kappa shape index (κ3) is 4.40. The molecule has 86 valence electrons. The Morgan fingerprint density at radius 3 is 2.21 bits per heavy atom. The molecule has 0 rings (SSSR count). The summed E-state index contributed by atoms with van der Waals surface area (Å²) < 4.78 is 5.15. The molecule has 0 bridgehead atoms. The lowest BCUT2D eigenvalue weighted by Gasteiger charge is -2.34. The van der Waals surface area contributed by atoms with E-state index < -0.39 is 0 Å². The summed E-state index contributed by atoms with van der Waals surface area (Å²) in [6, 6.07) is 0.948. The van der Waals surface area contributed by atoms with E-state index in [4.69, 9.17) is 9.84 Å². The van der Waals surface area contributed by atoms with Crippen molar-refractivity contribution >= 4 is 0 Å². The maximum absolute atomic E-state index is 9.01. The van der Waals surface area contributed by atoms with Crippen molar-refractivity contribution in [3.05, 3.63) is 0 Å². The van der Waals surface area contributed by atoms with Crippen LogP contribution in [0.3, 0.4) is 0 Å². The van der Waals surface area contributed by atoms with Crippen LogP contribution in [0.25, 0.3) is 0 Å². The second kappa shape index (κ2) is 8.21. The monoisotopic (exact) mass is 203 g/mol. The number of ether oxygens (including phenoxy) is 1. The van der Waals surface area contributed by atoms with Gasteiger partial charge in [-0.3, -0.25) is 4.90 Å². The quantitative estimate of drug-likeness (QED) is 0.649. The summed E-state index contributed by atoms with van der Waals surface area (Å²) in [5.74, 6) is 0. The molecule has 0 saturated carbocycles. The van der Waals surface area contributed by atoms with E-state index in [9.17, 15) is 0 Å². The highest BCUT2D eigenvalue weighted by Gasteiger charge is 2.19. The summed E-state index contributed by atoms with van der Waals surface area (Å²) in [6.07, 6.45) is 2.26. The lowest BCUT2D eigenvalue weighted by Crippen LogP contribution is -2.45. The Balaban J connectivity index is 4.23. The Bertz CT molecular complexity index is 126. The van der Waals surface area contributed by atoms with Crippen LogP contribution in [0, 0.1) is 0 Å². The summed E-state index contributed by atoms with van der Waals surface area (Å²) in [5.41, 5.74) is 0. The molecule has 0 spiro atoms. The van der Waals surface area contributed by atoms with Crippen molar-refractivity contribution in [2.45, 2.75) is 45.7 Å². The zero-order chi connectivity index (χ0) is 11.0. The van der Waals surface area contributed by atoms with E-state index in [1.807, 2.05) is 0 Å². The van der Waals surface area contributed by atoms with Gasteiger partial charge >= 0.3 is 0 Å².